The van der Waals surface area contributed by atoms with E-state index in [4.69, 9.17) is 0 Å². The van der Waals surface area contributed by atoms with Gasteiger partial charge in [-0.05, 0) is 24.5 Å². The number of benzene rings is 1. The molecule has 2 aliphatic rings. The van der Waals surface area contributed by atoms with Crippen LogP contribution < -0.4 is 10.6 Å². The Morgan fingerprint density at radius 3 is 2.95 bits per heavy atom. The maximum atomic E-state index is 12.8. The third kappa shape index (κ3) is 2.18. The maximum Gasteiger partial charge on any atom is 0.245 e. The van der Waals surface area contributed by atoms with Gasteiger partial charge in [-0.1, -0.05) is 24.3 Å². The Morgan fingerprint density at radius 1 is 1.30 bits per heavy atom. The maximum absolute atomic E-state index is 12.8. The third-order valence-corrected chi connectivity index (χ3v) is 4.14. The molecule has 1 aromatic rings. The second-order valence-corrected chi connectivity index (χ2v) is 5.33. The lowest BCUT2D eigenvalue weighted by molar-refractivity contribution is -0.144. The molecule has 0 saturated carbocycles. The Bertz CT molecular complexity index is 544. The average Bonchev–Trinajstić information content (AvgIpc) is 2.49. The standard InChI is InChI=1S/C15H19N3O2/c1-10-14(19)17-8-9-18(10)15(20)13-12-5-3-2-4-11(12)6-7-16-13/h2-5,10,13,16H,6-9H2,1H3,(H,17,19). The fraction of sp³-hybridized carbons (Fsp3) is 0.467. The summed E-state index contributed by atoms with van der Waals surface area (Å²) in [5.41, 5.74) is 2.26. The van der Waals surface area contributed by atoms with E-state index in [1.54, 1.807) is 11.8 Å². The summed E-state index contributed by atoms with van der Waals surface area (Å²) in [6, 6.07) is 7.31. The fourth-order valence-electron chi connectivity index (χ4n) is 2.97. The van der Waals surface area contributed by atoms with E-state index in [1.165, 1.54) is 5.56 Å². The highest BCUT2D eigenvalue weighted by molar-refractivity contribution is 5.91. The van der Waals surface area contributed by atoms with Crippen molar-refractivity contribution in [2.45, 2.75) is 25.4 Å². The lowest BCUT2D eigenvalue weighted by Gasteiger charge is -2.37. The zero-order chi connectivity index (χ0) is 14.1. The van der Waals surface area contributed by atoms with E-state index in [0.29, 0.717) is 13.1 Å². The van der Waals surface area contributed by atoms with Gasteiger partial charge in [0, 0.05) is 19.6 Å². The molecule has 0 radical (unpaired) electrons. The van der Waals surface area contributed by atoms with Crippen LogP contribution in [-0.4, -0.2) is 42.4 Å². The van der Waals surface area contributed by atoms with Gasteiger partial charge in [0.15, 0.2) is 0 Å². The van der Waals surface area contributed by atoms with Crippen molar-refractivity contribution in [3.05, 3.63) is 35.4 Å². The topological polar surface area (TPSA) is 61.4 Å². The Balaban J connectivity index is 1.86. The number of rotatable bonds is 1. The molecule has 1 aromatic carbocycles. The van der Waals surface area contributed by atoms with Crippen LogP contribution in [0.25, 0.3) is 0 Å². The molecule has 2 unspecified atom stereocenters. The third-order valence-electron chi connectivity index (χ3n) is 4.14. The van der Waals surface area contributed by atoms with Gasteiger partial charge in [-0.25, -0.2) is 0 Å². The Hall–Kier alpha value is -1.88. The fourth-order valence-corrected chi connectivity index (χ4v) is 2.97. The minimum atomic E-state index is -0.396. The van der Waals surface area contributed by atoms with E-state index in [-0.39, 0.29) is 17.9 Å². The molecule has 5 nitrogen and oxygen atoms in total. The molecule has 106 valence electrons. The van der Waals surface area contributed by atoms with Crippen molar-refractivity contribution in [3.8, 4) is 0 Å². The summed E-state index contributed by atoms with van der Waals surface area (Å²) < 4.78 is 0. The summed E-state index contributed by atoms with van der Waals surface area (Å²) in [6.45, 7) is 3.68. The molecule has 0 bridgehead atoms. The van der Waals surface area contributed by atoms with E-state index in [1.807, 2.05) is 18.2 Å². The lowest BCUT2D eigenvalue weighted by Crippen LogP contribution is -2.58. The molecule has 2 atom stereocenters. The molecule has 2 N–H and O–H groups in total. The van der Waals surface area contributed by atoms with E-state index >= 15 is 0 Å². The minimum absolute atomic E-state index is 0.000463. The van der Waals surface area contributed by atoms with Crippen LogP contribution in [0, 0.1) is 0 Å². The van der Waals surface area contributed by atoms with Crippen molar-refractivity contribution in [2.75, 3.05) is 19.6 Å². The molecule has 5 heteroatoms. The van der Waals surface area contributed by atoms with Gasteiger partial charge >= 0.3 is 0 Å². The molecule has 0 aliphatic carbocycles. The minimum Gasteiger partial charge on any atom is -0.353 e. The number of nitrogens with one attached hydrogen (secondary N) is 2. The Morgan fingerprint density at radius 2 is 2.10 bits per heavy atom. The number of carbonyl (C=O) groups is 2. The monoisotopic (exact) mass is 273 g/mol. The van der Waals surface area contributed by atoms with Crippen molar-refractivity contribution in [2.24, 2.45) is 0 Å². The van der Waals surface area contributed by atoms with Crippen molar-refractivity contribution < 1.29 is 9.59 Å². The van der Waals surface area contributed by atoms with Gasteiger partial charge in [0.25, 0.3) is 0 Å². The molecular formula is C15H19N3O2. The summed E-state index contributed by atoms with van der Waals surface area (Å²) in [6.07, 6.45) is 0.940. The van der Waals surface area contributed by atoms with Crippen LogP contribution >= 0.6 is 0 Å². The van der Waals surface area contributed by atoms with E-state index in [9.17, 15) is 9.59 Å². The molecule has 0 aromatic heterocycles. The molecule has 2 heterocycles. The van der Waals surface area contributed by atoms with Crippen LogP contribution in [0.3, 0.4) is 0 Å². The van der Waals surface area contributed by atoms with Crippen LogP contribution in [0.15, 0.2) is 24.3 Å². The van der Waals surface area contributed by atoms with Crippen molar-refractivity contribution in [1.29, 1.82) is 0 Å². The normalized spacial score (nSPS) is 25.9. The number of nitrogens with zero attached hydrogens (tertiary/aromatic N) is 1. The zero-order valence-corrected chi connectivity index (χ0v) is 11.6. The highest BCUT2D eigenvalue weighted by atomic mass is 16.2. The van der Waals surface area contributed by atoms with Gasteiger partial charge in [-0.2, -0.15) is 0 Å². The van der Waals surface area contributed by atoms with Crippen LogP contribution in [0.4, 0.5) is 0 Å². The highest BCUT2D eigenvalue weighted by Gasteiger charge is 2.35. The smallest absolute Gasteiger partial charge is 0.245 e. The number of hydrogen-bond donors (Lipinski definition) is 2. The van der Waals surface area contributed by atoms with Gasteiger partial charge < -0.3 is 15.5 Å². The largest absolute Gasteiger partial charge is 0.353 e. The highest BCUT2D eigenvalue weighted by Crippen LogP contribution is 2.25. The first kappa shape index (κ1) is 13.1. The molecule has 0 spiro atoms. The molecule has 2 amide bonds. The number of fused-ring (bicyclic) bond motifs is 1. The first-order valence-corrected chi connectivity index (χ1v) is 7.08. The lowest BCUT2D eigenvalue weighted by atomic mass is 9.93. The quantitative estimate of drug-likeness (QED) is 0.769. The van der Waals surface area contributed by atoms with Gasteiger partial charge in [0.05, 0.1) is 0 Å². The van der Waals surface area contributed by atoms with Crippen molar-refractivity contribution >= 4 is 11.8 Å². The number of carbonyl (C=O) groups excluding carboxylic acids is 2. The average molecular weight is 273 g/mol. The summed E-state index contributed by atoms with van der Waals surface area (Å²) >= 11 is 0. The summed E-state index contributed by atoms with van der Waals surface area (Å²) in [7, 11) is 0. The molecular weight excluding hydrogens is 254 g/mol. The number of hydrogen-bond acceptors (Lipinski definition) is 3. The SMILES string of the molecule is CC1C(=O)NCCN1C(=O)C1NCCc2ccccc21. The molecule has 1 fully saturated rings. The van der Waals surface area contributed by atoms with Crippen LogP contribution in [0.1, 0.15) is 24.1 Å². The Kier molecular flexibility index (Phi) is 3.44. The van der Waals surface area contributed by atoms with Gasteiger partial charge in [-0.15, -0.1) is 0 Å². The van der Waals surface area contributed by atoms with Crippen LogP contribution in [-0.2, 0) is 16.0 Å². The van der Waals surface area contributed by atoms with Gasteiger partial charge in [0.1, 0.15) is 12.1 Å². The first-order valence-electron chi connectivity index (χ1n) is 7.08. The second kappa shape index (κ2) is 5.25. The van der Waals surface area contributed by atoms with Gasteiger partial charge in [0.2, 0.25) is 11.8 Å². The first-order chi connectivity index (χ1) is 9.68. The summed E-state index contributed by atoms with van der Waals surface area (Å²) in [4.78, 5) is 26.1. The molecule has 20 heavy (non-hydrogen) atoms. The van der Waals surface area contributed by atoms with E-state index < -0.39 is 6.04 Å². The summed E-state index contributed by atoms with van der Waals surface area (Å²) in [5.74, 6) is -0.0757. The Labute approximate surface area is 118 Å². The second-order valence-electron chi connectivity index (χ2n) is 5.33. The molecule has 3 rings (SSSR count). The zero-order valence-electron chi connectivity index (χ0n) is 11.6. The van der Waals surface area contributed by atoms with Gasteiger partial charge in [-0.3, -0.25) is 9.59 Å². The number of amides is 2. The summed E-state index contributed by atoms with van der Waals surface area (Å²) in [5, 5.41) is 6.07. The van der Waals surface area contributed by atoms with Crippen molar-refractivity contribution in [1.82, 2.24) is 15.5 Å². The van der Waals surface area contributed by atoms with E-state index in [0.717, 1.165) is 18.5 Å². The van der Waals surface area contributed by atoms with Crippen molar-refractivity contribution in [3.63, 3.8) is 0 Å². The molecule has 2 aliphatic heterocycles. The van der Waals surface area contributed by atoms with Crippen LogP contribution in [0.5, 0.6) is 0 Å². The predicted molar refractivity (Wildman–Crippen MR) is 75.1 cm³/mol. The van der Waals surface area contributed by atoms with E-state index in [2.05, 4.69) is 16.7 Å². The number of piperazine rings is 1. The van der Waals surface area contributed by atoms with Crippen LogP contribution in [0.2, 0.25) is 0 Å². The molecule has 1 saturated heterocycles. The predicted octanol–water partition coefficient (Wildman–Crippen LogP) is 0.220.